The Balaban J connectivity index is 2.32. The Bertz CT molecular complexity index is 864. The standard InChI is InChI=1S/C16H13NO3/c1-2-20-16(19)13-9-14(18)15-11-6-4-3-5-10(11)7-8-12(15)17-13/h3-9H,2H2,1H3,(H,17,18). The Hall–Kier alpha value is -2.62. The third-order valence-corrected chi connectivity index (χ3v) is 3.22. The van der Waals surface area contributed by atoms with Crippen LogP contribution >= 0.6 is 0 Å². The van der Waals surface area contributed by atoms with E-state index in [4.69, 9.17) is 4.74 Å². The molecule has 0 fully saturated rings. The Morgan fingerprint density at radius 3 is 2.80 bits per heavy atom. The lowest BCUT2D eigenvalue weighted by atomic mass is 10.0. The van der Waals surface area contributed by atoms with E-state index in [0.717, 1.165) is 10.8 Å². The highest BCUT2D eigenvalue weighted by molar-refractivity contribution is 6.06. The lowest BCUT2D eigenvalue weighted by Crippen LogP contribution is -2.12. The van der Waals surface area contributed by atoms with Crippen molar-refractivity contribution in [2.75, 3.05) is 6.61 Å². The zero-order chi connectivity index (χ0) is 14.1. The molecule has 0 bridgehead atoms. The Labute approximate surface area is 115 Å². The average molecular weight is 267 g/mol. The van der Waals surface area contributed by atoms with Crippen LogP contribution in [0, 0.1) is 0 Å². The smallest absolute Gasteiger partial charge is 0.354 e. The van der Waals surface area contributed by atoms with E-state index in [0.29, 0.717) is 10.9 Å². The molecule has 0 aliphatic rings. The molecule has 20 heavy (non-hydrogen) atoms. The first-order valence-electron chi connectivity index (χ1n) is 6.42. The molecule has 1 heterocycles. The number of aromatic nitrogens is 1. The first-order valence-corrected chi connectivity index (χ1v) is 6.42. The SMILES string of the molecule is CCOC(=O)c1cc(=O)c2c(ccc3ccccc32)[nH]1. The van der Waals surface area contributed by atoms with E-state index >= 15 is 0 Å². The molecule has 0 radical (unpaired) electrons. The molecule has 0 amide bonds. The maximum Gasteiger partial charge on any atom is 0.354 e. The first kappa shape index (κ1) is 12.4. The number of benzene rings is 2. The second-order valence-corrected chi connectivity index (χ2v) is 4.48. The maximum absolute atomic E-state index is 12.3. The number of H-pyrrole nitrogens is 1. The van der Waals surface area contributed by atoms with Crippen LogP contribution in [0.3, 0.4) is 0 Å². The molecule has 0 aliphatic carbocycles. The molecule has 0 atom stereocenters. The fourth-order valence-electron chi connectivity index (χ4n) is 2.34. The molecule has 0 spiro atoms. The van der Waals surface area contributed by atoms with Gasteiger partial charge in [-0.2, -0.15) is 0 Å². The van der Waals surface area contributed by atoms with E-state index in [9.17, 15) is 9.59 Å². The van der Waals surface area contributed by atoms with Gasteiger partial charge in [-0.3, -0.25) is 4.79 Å². The number of hydrogen-bond acceptors (Lipinski definition) is 3. The van der Waals surface area contributed by atoms with Gasteiger partial charge < -0.3 is 9.72 Å². The summed E-state index contributed by atoms with van der Waals surface area (Å²) in [6.07, 6.45) is 0. The minimum absolute atomic E-state index is 0.180. The fourth-order valence-corrected chi connectivity index (χ4v) is 2.34. The van der Waals surface area contributed by atoms with Gasteiger partial charge in [0.2, 0.25) is 0 Å². The van der Waals surface area contributed by atoms with Crippen molar-refractivity contribution in [2.45, 2.75) is 6.92 Å². The first-order chi connectivity index (χ1) is 9.70. The van der Waals surface area contributed by atoms with Gasteiger partial charge in [0, 0.05) is 6.07 Å². The summed E-state index contributed by atoms with van der Waals surface area (Å²) in [5.74, 6) is -0.514. The molecule has 0 saturated carbocycles. The lowest BCUT2D eigenvalue weighted by molar-refractivity contribution is 0.0520. The molecule has 1 N–H and O–H groups in total. The number of aromatic amines is 1. The Morgan fingerprint density at radius 2 is 2.00 bits per heavy atom. The number of esters is 1. The van der Waals surface area contributed by atoms with Crippen LogP contribution in [0.4, 0.5) is 0 Å². The van der Waals surface area contributed by atoms with Crippen molar-refractivity contribution in [1.29, 1.82) is 0 Å². The van der Waals surface area contributed by atoms with Crippen LogP contribution in [-0.4, -0.2) is 17.6 Å². The van der Waals surface area contributed by atoms with Crippen LogP contribution in [0.2, 0.25) is 0 Å². The zero-order valence-electron chi connectivity index (χ0n) is 11.0. The van der Waals surface area contributed by atoms with E-state index in [-0.39, 0.29) is 17.7 Å². The minimum atomic E-state index is -0.514. The predicted octanol–water partition coefficient (Wildman–Crippen LogP) is 2.86. The molecule has 1 aromatic heterocycles. The predicted molar refractivity (Wildman–Crippen MR) is 78.0 cm³/mol. The number of fused-ring (bicyclic) bond motifs is 3. The molecule has 3 aromatic rings. The number of nitrogens with one attached hydrogen (secondary N) is 1. The van der Waals surface area contributed by atoms with Gasteiger partial charge in [-0.15, -0.1) is 0 Å². The van der Waals surface area contributed by atoms with Crippen LogP contribution in [-0.2, 0) is 4.74 Å². The molecular weight excluding hydrogens is 254 g/mol. The molecule has 100 valence electrons. The van der Waals surface area contributed by atoms with Gasteiger partial charge >= 0.3 is 5.97 Å². The highest BCUT2D eigenvalue weighted by Gasteiger charge is 2.11. The third kappa shape index (κ3) is 1.95. The summed E-state index contributed by atoms with van der Waals surface area (Å²) in [7, 11) is 0. The Kier molecular flexibility index (Phi) is 2.99. The number of hydrogen-bond donors (Lipinski definition) is 1. The highest BCUT2D eigenvalue weighted by Crippen LogP contribution is 2.21. The van der Waals surface area contributed by atoms with Crippen molar-refractivity contribution >= 4 is 27.6 Å². The van der Waals surface area contributed by atoms with Crippen LogP contribution in [0.1, 0.15) is 17.4 Å². The second-order valence-electron chi connectivity index (χ2n) is 4.48. The van der Waals surface area contributed by atoms with Crippen molar-refractivity contribution < 1.29 is 9.53 Å². The minimum Gasteiger partial charge on any atom is -0.461 e. The molecule has 3 rings (SSSR count). The molecule has 0 unspecified atom stereocenters. The van der Waals surface area contributed by atoms with E-state index in [1.165, 1.54) is 6.07 Å². The van der Waals surface area contributed by atoms with Gasteiger partial charge in [0.15, 0.2) is 5.43 Å². The van der Waals surface area contributed by atoms with Crippen molar-refractivity contribution in [1.82, 2.24) is 4.98 Å². The summed E-state index contributed by atoms with van der Waals surface area (Å²) >= 11 is 0. The molecule has 0 aliphatic heterocycles. The van der Waals surface area contributed by atoms with Crippen LogP contribution in [0.5, 0.6) is 0 Å². The topological polar surface area (TPSA) is 59.2 Å². The van der Waals surface area contributed by atoms with Gasteiger partial charge in [-0.25, -0.2) is 4.79 Å². The van der Waals surface area contributed by atoms with E-state index in [1.54, 1.807) is 6.92 Å². The number of rotatable bonds is 2. The van der Waals surface area contributed by atoms with Crippen molar-refractivity contribution in [3.05, 3.63) is 58.4 Å². The summed E-state index contributed by atoms with van der Waals surface area (Å²) in [5, 5.41) is 2.46. The third-order valence-electron chi connectivity index (χ3n) is 3.22. The number of carbonyl (C=O) groups excluding carboxylic acids is 1. The van der Waals surface area contributed by atoms with Gasteiger partial charge in [-0.1, -0.05) is 30.3 Å². The monoisotopic (exact) mass is 267 g/mol. The quantitative estimate of drug-likeness (QED) is 0.573. The molecule has 4 nitrogen and oxygen atoms in total. The second kappa shape index (κ2) is 4.81. The summed E-state index contributed by atoms with van der Waals surface area (Å²) in [4.78, 5) is 27.0. The normalized spacial score (nSPS) is 10.8. The lowest BCUT2D eigenvalue weighted by Gasteiger charge is -2.06. The zero-order valence-corrected chi connectivity index (χ0v) is 11.0. The van der Waals surface area contributed by atoms with Crippen molar-refractivity contribution in [3.63, 3.8) is 0 Å². The maximum atomic E-state index is 12.3. The number of ether oxygens (including phenoxy) is 1. The molecule has 0 saturated heterocycles. The highest BCUT2D eigenvalue weighted by atomic mass is 16.5. The van der Waals surface area contributed by atoms with E-state index in [2.05, 4.69) is 4.98 Å². The van der Waals surface area contributed by atoms with Crippen molar-refractivity contribution in [3.8, 4) is 0 Å². The molecular formula is C16H13NO3. The van der Waals surface area contributed by atoms with Crippen molar-refractivity contribution in [2.24, 2.45) is 0 Å². The van der Waals surface area contributed by atoms with Crippen LogP contribution in [0.25, 0.3) is 21.7 Å². The average Bonchev–Trinajstić information content (AvgIpc) is 2.46. The largest absolute Gasteiger partial charge is 0.461 e. The van der Waals surface area contributed by atoms with Gasteiger partial charge in [0.1, 0.15) is 5.69 Å². The van der Waals surface area contributed by atoms with Gasteiger partial charge in [0.05, 0.1) is 17.5 Å². The summed E-state index contributed by atoms with van der Waals surface area (Å²) in [5.41, 5.74) is 0.637. The van der Waals surface area contributed by atoms with E-state index < -0.39 is 5.97 Å². The van der Waals surface area contributed by atoms with Gasteiger partial charge in [0.25, 0.3) is 0 Å². The van der Waals surface area contributed by atoms with Crippen LogP contribution < -0.4 is 5.43 Å². The van der Waals surface area contributed by atoms with E-state index in [1.807, 2.05) is 36.4 Å². The number of carbonyl (C=O) groups is 1. The Morgan fingerprint density at radius 1 is 1.20 bits per heavy atom. The summed E-state index contributed by atoms with van der Waals surface area (Å²) < 4.78 is 4.91. The fraction of sp³-hybridized carbons (Fsp3) is 0.125. The molecule has 2 aromatic carbocycles. The summed E-state index contributed by atoms with van der Waals surface area (Å²) in [6.45, 7) is 2.00. The summed E-state index contributed by atoms with van der Waals surface area (Å²) in [6, 6.07) is 12.7. The van der Waals surface area contributed by atoms with Crippen LogP contribution in [0.15, 0.2) is 47.3 Å². The van der Waals surface area contributed by atoms with Gasteiger partial charge in [-0.05, 0) is 23.8 Å². The molecule has 4 heteroatoms. The number of pyridine rings is 1.